The number of ether oxygens (including phenoxy) is 3. The van der Waals surface area contributed by atoms with Crippen LogP contribution in [0, 0.1) is 0 Å². The fourth-order valence-electron chi connectivity index (χ4n) is 3.01. The first-order valence-electron chi connectivity index (χ1n) is 7.88. The van der Waals surface area contributed by atoms with Gasteiger partial charge in [-0.05, 0) is 29.1 Å². The number of rotatable bonds is 4. The van der Waals surface area contributed by atoms with E-state index in [-0.39, 0.29) is 17.9 Å². The maximum absolute atomic E-state index is 11.8. The van der Waals surface area contributed by atoms with Crippen LogP contribution >= 0.6 is 0 Å². The van der Waals surface area contributed by atoms with E-state index in [4.69, 9.17) is 14.2 Å². The normalized spacial score (nSPS) is 12.8. The lowest BCUT2D eigenvalue weighted by atomic mass is 10.0. The zero-order valence-corrected chi connectivity index (χ0v) is 13.6. The monoisotopic (exact) mass is 336 g/mol. The van der Waals surface area contributed by atoms with Crippen molar-refractivity contribution in [3.05, 3.63) is 65.2 Å². The van der Waals surface area contributed by atoms with Crippen LogP contribution in [0.3, 0.4) is 0 Å². The highest BCUT2D eigenvalue weighted by atomic mass is 16.5. The van der Waals surface area contributed by atoms with Crippen LogP contribution in [0.2, 0.25) is 0 Å². The topological polar surface area (TPSA) is 65.0 Å². The van der Waals surface area contributed by atoms with E-state index in [9.17, 15) is 9.90 Å². The van der Waals surface area contributed by atoms with Crippen LogP contribution in [0.1, 0.15) is 21.5 Å². The maximum Gasteiger partial charge on any atom is 0.342 e. The summed E-state index contributed by atoms with van der Waals surface area (Å²) in [5.74, 6) is 0.481. The molecule has 0 aliphatic carbocycles. The number of esters is 1. The Morgan fingerprint density at radius 2 is 1.92 bits per heavy atom. The highest BCUT2D eigenvalue weighted by Gasteiger charge is 2.27. The first-order chi connectivity index (χ1) is 12.2. The second kappa shape index (κ2) is 6.02. The molecule has 3 aromatic rings. The molecule has 1 aliphatic rings. The number of hydrogen-bond donors (Lipinski definition) is 1. The Morgan fingerprint density at radius 1 is 1.12 bits per heavy atom. The summed E-state index contributed by atoms with van der Waals surface area (Å²) in [4.78, 5) is 11.8. The lowest BCUT2D eigenvalue weighted by Gasteiger charge is -2.13. The largest absolute Gasteiger partial charge is 0.506 e. The van der Waals surface area contributed by atoms with Crippen LogP contribution in [0.15, 0.2) is 48.5 Å². The molecule has 0 radical (unpaired) electrons. The average Bonchev–Trinajstić information content (AvgIpc) is 3.01. The summed E-state index contributed by atoms with van der Waals surface area (Å²) in [7, 11) is 1.54. The number of fused-ring (bicyclic) bond motifs is 2. The summed E-state index contributed by atoms with van der Waals surface area (Å²) in [5, 5.41) is 11.8. The number of cyclic esters (lactones) is 1. The predicted octanol–water partition coefficient (Wildman–Crippen LogP) is 3.80. The second-order valence-electron chi connectivity index (χ2n) is 5.83. The van der Waals surface area contributed by atoms with Gasteiger partial charge in [0.1, 0.15) is 24.5 Å². The average molecular weight is 336 g/mol. The molecule has 1 N–H and O–H groups in total. The molecule has 126 valence electrons. The van der Waals surface area contributed by atoms with Gasteiger partial charge in [-0.3, -0.25) is 0 Å². The summed E-state index contributed by atoms with van der Waals surface area (Å²) in [5.41, 5.74) is 1.95. The van der Waals surface area contributed by atoms with Gasteiger partial charge in [0.15, 0.2) is 11.5 Å². The first kappa shape index (κ1) is 15.3. The lowest BCUT2D eigenvalue weighted by molar-refractivity contribution is 0.0533. The Kier molecular flexibility index (Phi) is 3.69. The predicted molar refractivity (Wildman–Crippen MR) is 92.1 cm³/mol. The van der Waals surface area contributed by atoms with Crippen molar-refractivity contribution < 1.29 is 24.1 Å². The van der Waals surface area contributed by atoms with Gasteiger partial charge in [-0.1, -0.05) is 30.3 Å². The summed E-state index contributed by atoms with van der Waals surface area (Å²) in [6.07, 6.45) is 0. The van der Waals surface area contributed by atoms with E-state index in [0.717, 1.165) is 10.9 Å². The van der Waals surface area contributed by atoms with Gasteiger partial charge >= 0.3 is 5.97 Å². The van der Waals surface area contributed by atoms with Crippen molar-refractivity contribution in [1.29, 1.82) is 0 Å². The SMILES string of the molecule is COc1cc2c(O)c3c(cc2cc1OCc1ccccc1)COC3=O. The molecule has 0 saturated carbocycles. The number of aromatic hydroxyl groups is 1. The van der Waals surface area contributed by atoms with E-state index in [1.54, 1.807) is 12.1 Å². The third kappa shape index (κ3) is 2.63. The molecule has 5 nitrogen and oxygen atoms in total. The molecule has 0 amide bonds. The van der Waals surface area contributed by atoms with Crippen molar-refractivity contribution in [2.24, 2.45) is 0 Å². The van der Waals surface area contributed by atoms with Gasteiger partial charge in [0, 0.05) is 10.9 Å². The molecule has 25 heavy (non-hydrogen) atoms. The maximum atomic E-state index is 11.8. The molecule has 0 bridgehead atoms. The van der Waals surface area contributed by atoms with Crippen LogP contribution in [0.25, 0.3) is 10.8 Å². The minimum absolute atomic E-state index is 0.0806. The van der Waals surface area contributed by atoms with Gasteiger partial charge < -0.3 is 19.3 Å². The van der Waals surface area contributed by atoms with Gasteiger partial charge in [-0.25, -0.2) is 4.79 Å². The number of methoxy groups -OCH3 is 1. The standard InChI is InChI=1S/C20H16O5/c1-23-16-9-15-13(7-14-11-25-20(22)18(14)19(15)21)8-17(16)24-10-12-5-3-2-4-6-12/h2-9,21H,10-11H2,1H3. The molecule has 0 saturated heterocycles. The molecule has 1 heterocycles. The molecule has 0 fully saturated rings. The van der Waals surface area contributed by atoms with Crippen LogP contribution in [0.4, 0.5) is 0 Å². The quantitative estimate of drug-likeness (QED) is 0.734. The smallest absolute Gasteiger partial charge is 0.342 e. The Labute approximate surface area is 144 Å². The summed E-state index contributed by atoms with van der Waals surface area (Å²) in [6, 6.07) is 15.1. The number of carbonyl (C=O) groups excluding carboxylic acids is 1. The van der Waals surface area contributed by atoms with Crippen molar-refractivity contribution in [2.75, 3.05) is 7.11 Å². The van der Waals surface area contributed by atoms with Crippen LogP contribution < -0.4 is 9.47 Å². The number of benzene rings is 3. The van der Waals surface area contributed by atoms with E-state index in [1.807, 2.05) is 36.4 Å². The molecule has 1 aliphatic heterocycles. The van der Waals surface area contributed by atoms with Crippen molar-refractivity contribution in [3.63, 3.8) is 0 Å². The fraction of sp³-hybridized carbons (Fsp3) is 0.150. The van der Waals surface area contributed by atoms with E-state index < -0.39 is 5.97 Å². The third-order valence-electron chi connectivity index (χ3n) is 4.28. The zero-order chi connectivity index (χ0) is 17.4. The zero-order valence-electron chi connectivity index (χ0n) is 13.6. The van der Waals surface area contributed by atoms with Crippen molar-refractivity contribution in [2.45, 2.75) is 13.2 Å². The molecule has 0 atom stereocenters. The number of carbonyl (C=O) groups is 1. The molecule has 0 unspecified atom stereocenters. The number of phenols is 1. The van der Waals surface area contributed by atoms with Crippen molar-refractivity contribution in [1.82, 2.24) is 0 Å². The lowest BCUT2D eigenvalue weighted by Crippen LogP contribution is -1.99. The van der Waals surface area contributed by atoms with Gasteiger partial charge in [0.25, 0.3) is 0 Å². The first-order valence-corrected chi connectivity index (χ1v) is 7.88. The van der Waals surface area contributed by atoms with E-state index in [2.05, 4.69) is 0 Å². The summed E-state index contributed by atoms with van der Waals surface area (Å²) < 4.78 is 16.3. The van der Waals surface area contributed by atoms with Crippen LogP contribution in [-0.4, -0.2) is 18.2 Å². The van der Waals surface area contributed by atoms with Crippen molar-refractivity contribution in [3.8, 4) is 17.2 Å². The molecule has 0 spiro atoms. The second-order valence-corrected chi connectivity index (χ2v) is 5.83. The number of phenolic OH excluding ortho intramolecular Hbond substituents is 1. The summed E-state index contributed by atoms with van der Waals surface area (Å²) >= 11 is 0. The van der Waals surface area contributed by atoms with Crippen LogP contribution in [0.5, 0.6) is 17.2 Å². The molecule has 5 heteroatoms. The van der Waals surface area contributed by atoms with E-state index in [0.29, 0.717) is 29.1 Å². The Hall–Kier alpha value is -3.21. The minimum Gasteiger partial charge on any atom is -0.506 e. The Bertz CT molecular complexity index is 963. The van der Waals surface area contributed by atoms with Crippen LogP contribution in [-0.2, 0) is 18.0 Å². The van der Waals surface area contributed by atoms with E-state index in [1.165, 1.54) is 7.11 Å². The van der Waals surface area contributed by atoms with Gasteiger partial charge in [0.05, 0.1) is 7.11 Å². The minimum atomic E-state index is -0.502. The Balaban J connectivity index is 1.76. The Morgan fingerprint density at radius 3 is 2.68 bits per heavy atom. The van der Waals surface area contributed by atoms with E-state index >= 15 is 0 Å². The number of hydrogen-bond acceptors (Lipinski definition) is 5. The molecular formula is C20H16O5. The summed E-state index contributed by atoms with van der Waals surface area (Å²) in [6.45, 7) is 0.575. The highest BCUT2D eigenvalue weighted by molar-refractivity contribution is 6.05. The van der Waals surface area contributed by atoms with Gasteiger partial charge in [-0.15, -0.1) is 0 Å². The third-order valence-corrected chi connectivity index (χ3v) is 4.28. The molecular weight excluding hydrogens is 320 g/mol. The molecule has 3 aromatic carbocycles. The van der Waals surface area contributed by atoms with Gasteiger partial charge in [-0.2, -0.15) is 0 Å². The fourth-order valence-corrected chi connectivity index (χ4v) is 3.01. The van der Waals surface area contributed by atoms with Gasteiger partial charge in [0.2, 0.25) is 0 Å². The highest BCUT2D eigenvalue weighted by Crippen LogP contribution is 2.41. The molecule has 0 aromatic heterocycles. The van der Waals surface area contributed by atoms with Crippen molar-refractivity contribution >= 4 is 16.7 Å². The molecule has 4 rings (SSSR count).